The summed E-state index contributed by atoms with van der Waals surface area (Å²) in [7, 11) is 0. The van der Waals surface area contributed by atoms with E-state index in [1.54, 1.807) is 0 Å². The zero-order valence-electron chi connectivity index (χ0n) is 23.9. The number of aryl methyl sites for hydroxylation is 1. The topological polar surface area (TPSA) is 155 Å². The maximum Gasteiger partial charge on any atom is 0.431 e. The molecule has 1 N–H and O–H groups in total. The van der Waals surface area contributed by atoms with Crippen LogP contribution in [0.3, 0.4) is 0 Å². The van der Waals surface area contributed by atoms with Crippen molar-refractivity contribution >= 4 is 23.3 Å². The first-order chi connectivity index (χ1) is 22.1. The summed E-state index contributed by atoms with van der Waals surface area (Å²) in [6.45, 7) is -0.882. The number of hydrogen-bond acceptors (Lipinski definition) is 8. The molecular weight excluding hydrogens is 650 g/mol. The number of aliphatic imine (C=N–C) groups is 1. The van der Waals surface area contributed by atoms with Gasteiger partial charge in [-0.2, -0.15) is 50.5 Å². The molecule has 0 bridgehead atoms. The summed E-state index contributed by atoms with van der Waals surface area (Å²) >= 11 is 0. The number of allylic oxidation sites excluding steroid dienone is 1. The molecular formula is C27H23F8N9O3. The van der Waals surface area contributed by atoms with Crippen molar-refractivity contribution in [2.24, 2.45) is 10.9 Å². The summed E-state index contributed by atoms with van der Waals surface area (Å²) in [6, 6.07) is -0.121. The van der Waals surface area contributed by atoms with Crippen LogP contribution >= 0.6 is 0 Å². The van der Waals surface area contributed by atoms with Gasteiger partial charge in [-0.3, -0.25) is 4.79 Å². The molecule has 2 atom stereocenters. The second-order valence-corrected chi connectivity index (χ2v) is 10.9. The molecule has 0 aromatic carbocycles. The van der Waals surface area contributed by atoms with Gasteiger partial charge in [-0.05, 0) is 54.0 Å². The standard InChI is InChI=1S/C27H23F8N9O3/c28-23(29)14-3-1-13(2-4-14)21(40-24(45)22-16(41-47-42-22)5-7-26(30,31)32)17-11-44-20(38-17)9-15(10-37-44)18(6-8-36)43-12-19(27(33,34)35)39-25(43)46/h9-11,13,18,21H,1-7,12H2,(H,40,45)/t18-,21+/m1/s1. The second-order valence-electron chi connectivity index (χ2n) is 10.9. The summed E-state index contributed by atoms with van der Waals surface area (Å²) < 4.78 is 110. The van der Waals surface area contributed by atoms with E-state index in [1.807, 2.05) is 6.07 Å². The number of halogens is 8. The quantitative estimate of drug-likeness (QED) is 0.279. The van der Waals surface area contributed by atoms with E-state index in [0.717, 1.165) is 4.90 Å². The molecule has 0 radical (unpaired) electrons. The molecule has 1 fully saturated rings. The summed E-state index contributed by atoms with van der Waals surface area (Å²) in [5, 5.41) is 23.1. The minimum atomic E-state index is -4.85. The maximum atomic E-state index is 13.3. The minimum absolute atomic E-state index is 0.0131. The third-order valence-corrected chi connectivity index (χ3v) is 7.92. The van der Waals surface area contributed by atoms with Crippen LogP contribution < -0.4 is 5.32 Å². The Bertz CT molecular complexity index is 1760. The molecule has 12 nitrogen and oxygen atoms in total. The van der Waals surface area contributed by atoms with Gasteiger partial charge in [-0.25, -0.2) is 18.9 Å². The summed E-state index contributed by atoms with van der Waals surface area (Å²) in [5.41, 5.74) is -1.76. The van der Waals surface area contributed by atoms with Crippen molar-refractivity contribution in [2.45, 2.75) is 69.4 Å². The number of carbonyl (C=O) groups excluding carboxylic acids is 2. The van der Waals surface area contributed by atoms with Gasteiger partial charge in [-0.1, -0.05) is 5.16 Å². The summed E-state index contributed by atoms with van der Waals surface area (Å²) in [6.07, 6.45) is -10.5. The van der Waals surface area contributed by atoms with E-state index >= 15 is 0 Å². The number of hydrogen-bond donors (Lipinski definition) is 1. The van der Waals surface area contributed by atoms with Crippen LogP contribution in [0.25, 0.3) is 5.65 Å². The molecule has 2 aliphatic rings. The molecule has 47 heavy (non-hydrogen) atoms. The fourth-order valence-corrected chi connectivity index (χ4v) is 5.53. The van der Waals surface area contributed by atoms with E-state index in [9.17, 15) is 50.0 Å². The van der Waals surface area contributed by atoms with Gasteiger partial charge in [0.15, 0.2) is 11.3 Å². The molecule has 5 rings (SSSR count). The number of nitrogens with one attached hydrogen (secondary N) is 1. The lowest BCUT2D eigenvalue weighted by atomic mass is 9.80. The largest absolute Gasteiger partial charge is 0.431 e. The molecule has 3 aromatic heterocycles. The van der Waals surface area contributed by atoms with Crippen LogP contribution in [0.1, 0.15) is 78.0 Å². The molecule has 1 aliphatic carbocycles. The van der Waals surface area contributed by atoms with Crippen molar-refractivity contribution < 1.29 is 49.3 Å². The molecule has 250 valence electrons. The monoisotopic (exact) mass is 673 g/mol. The lowest BCUT2D eigenvalue weighted by Gasteiger charge is -2.30. The van der Waals surface area contributed by atoms with Crippen molar-refractivity contribution in [3.05, 3.63) is 52.8 Å². The zero-order chi connectivity index (χ0) is 34.1. The number of carbonyl (C=O) groups is 2. The van der Waals surface area contributed by atoms with Crippen molar-refractivity contribution in [1.29, 1.82) is 5.26 Å². The van der Waals surface area contributed by atoms with Gasteiger partial charge in [-0.15, -0.1) is 0 Å². The predicted molar refractivity (Wildman–Crippen MR) is 142 cm³/mol. The van der Waals surface area contributed by atoms with Crippen molar-refractivity contribution in [1.82, 2.24) is 35.1 Å². The Hall–Kier alpha value is -4.96. The molecule has 1 saturated carbocycles. The molecule has 4 heterocycles. The van der Waals surface area contributed by atoms with Gasteiger partial charge in [0.1, 0.15) is 11.4 Å². The highest BCUT2D eigenvalue weighted by molar-refractivity contribution is 6.05. The van der Waals surface area contributed by atoms with Crippen molar-refractivity contribution in [3.63, 3.8) is 0 Å². The number of nitrogens with zero attached hydrogens (tertiary/aromatic N) is 8. The van der Waals surface area contributed by atoms with E-state index in [-0.39, 0.29) is 53.9 Å². The highest BCUT2D eigenvalue weighted by Gasteiger charge is 2.44. The number of fused-ring (bicyclic) bond motifs is 1. The number of imidazole rings is 1. The van der Waals surface area contributed by atoms with Crippen LogP contribution in [0.2, 0.25) is 0 Å². The molecule has 3 amide bonds. The number of aromatic nitrogens is 5. The predicted octanol–water partition coefficient (Wildman–Crippen LogP) is 5.81. The smallest absolute Gasteiger partial charge is 0.342 e. The fraction of sp³-hybridized carbons (Fsp3) is 0.481. The Balaban J connectivity index is 1.45. The number of alkyl halides is 6. The van der Waals surface area contributed by atoms with E-state index in [4.69, 9.17) is 0 Å². The van der Waals surface area contributed by atoms with Gasteiger partial charge >= 0.3 is 18.4 Å². The number of urea groups is 1. The van der Waals surface area contributed by atoms with Crippen molar-refractivity contribution in [2.75, 3.05) is 6.54 Å². The Labute approximate surface area is 259 Å². The van der Waals surface area contributed by atoms with Crippen LogP contribution in [0.4, 0.5) is 39.9 Å². The number of amides is 3. The van der Waals surface area contributed by atoms with Crippen LogP contribution in [0, 0.1) is 17.2 Å². The van der Waals surface area contributed by atoms with Crippen molar-refractivity contribution in [3.8, 4) is 6.07 Å². The minimum Gasteiger partial charge on any atom is -0.342 e. The normalized spacial score (nSPS) is 18.7. The Morgan fingerprint density at radius 1 is 1.15 bits per heavy atom. The average Bonchev–Trinajstić information content (AvgIpc) is 3.75. The Morgan fingerprint density at radius 2 is 1.87 bits per heavy atom. The van der Waals surface area contributed by atoms with Gasteiger partial charge in [0.25, 0.3) is 12.0 Å². The van der Waals surface area contributed by atoms with E-state index < -0.39 is 85.6 Å². The Kier molecular flexibility index (Phi) is 9.27. The van der Waals surface area contributed by atoms with Crippen LogP contribution in [-0.2, 0) is 6.42 Å². The molecule has 3 aromatic rings. The fourth-order valence-electron chi connectivity index (χ4n) is 5.53. The van der Waals surface area contributed by atoms with E-state index in [0.29, 0.717) is 0 Å². The van der Waals surface area contributed by atoms with Gasteiger partial charge in [0.2, 0.25) is 0 Å². The zero-order valence-corrected chi connectivity index (χ0v) is 23.9. The first-order valence-corrected chi connectivity index (χ1v) is 14.0. The molecule has 0 saturated heterocycles. The Morgan fingerprint density at radius 3 is 2.49 bits per heavy atom. The maximum absolute atomic E-state index is 13.3. The molecule has 20 heteroatoms. The van der Waals surface area contributed by atoms with Crippen LogP contribution in [0.5, 0.6) is 0 Å². The summed E-state index contributed by atoms with van der Waals surface area (Å²) in [4.78, 5) is 34.0. The number of rotatable bonds is 9. The first-order valence-electron chi connectivity index (χ1n) is 14.0. The third kappa shape index (κ3) is 7.55. The highest BCUT2D eigenvalue weighted by atomic mass is 19.4. The number of nitriles is 1. The lowest BCUT2D eigenvalue weighted by molar-refractivity contribution is -0.134. The van der Waals surface area contributed by atoms with Gasteiger partial charge in [0.05, 0.1) is 49.2 Å². The molecule has 0 unspecified atom stereocenters. The molecule has 0 spiro atoms. The van der Waals surface area contributed by atoms with Crippen LogP contribution in [-0.4, -0.2) is 66.4 Å². The van der Waals surface area contributed by atoms with Gasteiger partial charge in [0, 0.05) is 12.8 Å². The second kappa shape index (κ2) is 13.0. The SMILES string of the molecule is N#CC[C@H](c1cnn2cc([C@@H](NC(=O)c3nonc3CCC(F)(F)F)C3CCC(=C(F)F)CC3)nc2c1)N1CC(C(F)(F)F)=NC1=O. The third-order valence-electron chi connectivity index (χ3n) is 7.92. The molecule has 1 aliphatic heterocycles. The average molecular weight is 674 g/mol. The van der Waals surface area contributed by atoms with E-state index in [2.05, 4.69) is 35.3 Å². The highest BCUT2D eigenvalue weighted by Crippen LogP contribution is 2.39. The van der Waals surface area contributed by atoms with Gasteiger partial charge < -0.3 is 10.2 Å². The lowest BCUT2D eigenvalue weighted by Crippen LogP contribution is -2.35. The van der Waals surface area contributed by atoms with E-state index in [1.165, 1.54) is 23.0 Å². The van der Waals surface area contributed by atoms with Crippen LogP contribution in [0.15, 0.2) is 39.7 Å². The summed E-state index contributed by atoms with van der Waals surface area (Å²) in [5.74, 6) is -1.42. The first kappa shape index (κ1) is 33.4.